The van der Waals surface area contributed by atoms with E-state index < -0.39 is 10.0 Å². The van der Waals surface area contributed by atoms with Crippen LogP contribution in [0.4, 0.5) is 0 Å². The van der Waals surface area contributed by atoms with Gasteiger partial charge in [-0.05, 0) is 31.0 Å². The molecule has 2 N–H and O–H groups in total. The lowest BCUT2D eigenvalue weighted by molar-refractivity contribution is 0.316. The summed E-state index contributed by atoms with van der Waals surface area (Å²) in [5.41, 5.74) is 1.43. The second-order valence-electron chi connectivity index (χ2n) is 5.75. The zero-order chi connectivity index (χ0) is 16.6. The Labute approximate surface area is 139 Å². The number of hydrogen-bond donors (Lipinski definition) is 2. The zero-order valence-electron chi connectivity index (χ0n) is 12.9. The summed E-state index contributed by atoms with van der Waals surface area (Å²) >= 11 is 0. The zero-order valence-corrected chi connectivity index (χ0v) is 13.7. The summed E-state index contributed by atoms with van der Waals surface area (Å²) in [6.45, 7) is 0.590. The van der Waals surface area contributed by atoms with Crippen molar-refractivity contribution in [3.63, 3.8) is 0 Å². The molecule has 1 aromatic carbocycles. The van der Waals surface area contributed by atoms with E-state index in [0.29, 0.717) is 24.1 Å². The Bertz CT molecular complexity index is 981. The number of aromatic nitrogens is 2. The maximum atomic E-state index is 12.9. The van der Waals surface area contributed by atoms with Crippen LogP contribution >= 0.6 is 0 Å². The number of aromatic amines is 1. The average Bonchev–Trinajstić information content (AvgIpc) is 2.93. The summed E-state index contributed by atoms with van der Waals surface area (Å²) in [7, 11) is -3.68. The van der Waals surface area contributed by atoms with Gasteiger partial charge in [0.2, 0.25) is 10.0 Å². The number of sulfonamides is 1. The minimum atomic E-state index is -3.68. The maximum absolute atomic E-state index is 12.9. The van der Waals surface area contributed by atoms with Crippen LogP contribution in [0.15, 0.2) is 53.7 Å². The smallest absolute Gasteiger partial charge is 0.243 e. The molecule has 1 aliphatic rings. The number of benzene rings is 1. The van der Waals surface area contributed by atoms with Crippen molar-refractivity contribution in [3.8, 4) is 5.75 Å². The third-order valence-electron chi connectivity index (χ3n) is 4.19. The van der Waals surface area contributed by atoms with E-state index in [9.17, 15) is 8.42 Å². The summed E-state index contributed by atoms with van der Waals surface area (Å²) in [5, 5.41) is 0.586. The predicted molar refractivity (Wildman–Crippen MR) is 90.3 cm³/mol. The van der Waals surface area contributed by atoms with E-state index in [0.717, 1.165) is 17.7 Å². The van der Waals surface area contributed by atoms with E-state index in [4.69, 9.17) is 4.74 Å². The fourth-order valence-electron chi connectivity index (χ4n) is 3.05. The van der Waals surface area contributed by atoms with Crippen LogP contribution in [0, 0.1) is 0 Å². The molecule has 3 heterocycles. The van der Waals surface area contributed by atoms with Crippen LogP contribution in [-0.2, 0) is 10.0 Å². The predicted octanol–water partition coefficient (Wildman–Crippen LogP) is 2.76. The minimum Gasteiger partial charge on any atom is -0.493 e. The van der Waals surface area contributed by atoms with Crippen LogP contribution in [0.1, 0.15) is 24.4 Å². The molecule has 7 heteroatoms. The summed E-state index contributed by atoms with van der Waals surface area (Å²) in [5.74, 6) is 0.739. The number of hydrogen-bond acceptors (Lipinski definition) is 4. The largest absolute Gasteiger partial charge is 0.493 e. The molecule has 124 valence electrons. The number of nitrogens with zero attached hydrogens (tertiary/aromatic N) is 1. The SMILES string of the molecule is O=S(=O)(NC1CCCOc2ccccc21)c1c[nH]c2ncccc12. The summed E-state index contributed by atoms with van der Waals surface area (Å²) in [4.78, 5) is 7.27. The minimum absolute atomic E-state index is 0.216. The molecule has 0 saturated carbocycles. The lowest BCUT2D eigenvalue weighted by atomic mass is 10.0. The van der Waals surface area contributed by atoms with Crippen molar-refractivity contribution in [2.24, 2.45) is 0 Å². The standard InChI is InChI=1S/C17H17N3O3S/c21-24(22,16-11-19-17-13(16)6-3-9-18-17)20-14-7-4-10-23-15-8-2-1-5-12(14)15/h1-3,5-6,8-9,11,14,20H,4,7,10H2,(H,18,19). The Kier molecular flexibility index (Phi) is 3.74. The van der Waals surface area contributed by atoms with Crippen molar-refractivity contribution in [2.75, 3.05) is 6.61 Å². The van der Waals surface area contributed by atoms with Crippen molar-refractivity contribution < 1.29 is 13.2 Å². The van der Waals surface area contributed by atoms with Crippen LogP contribution in [0.2, 0.25) is 0 Å². The quantitative estimate of drug-likeness (QED) is 0.766. The van der Waals surface area contributed by atoms with Gasteiger partial charge in [-0.15, -0.1) is 0 Å². The van der Waals surface area contributed by atoms with Crippen LogP contribution in [0.5, 0.6) is 5.75 Å². The van der Waals surface area contributed by atoms with E-state index in [2.05, 4.69) is 14.7 Å². The van der Waals surface area contributed by atoms with Gasteiger partial charge >= 0.3 is 0 Å². The molecule has 0 radical (unpaired) electrons. The molecule has 1 atom stereocenters. The van der Waals surface area contributed by atoms with Crippen molar-refractivity contribution in [1.29, 1.82) is 0 Å². The highest BCUT2D eigenvalue weighted by Crippen LogP contribution is 2.33. The number of rotatable bonds is 3. The molecule has 1 unspecified atom stereocenters. The fourth-order valence-corrected chi connectivity index (χ4v) is 4.47. The first-order valence-corrected chi connectivity index (χ1v) is 9.29. The number of fused-ring (bicyclic) bond motifs is 2. The fraction of sp³-hybridized carbons (Fsp3) is 0.235. The van der Waals surface area contributed by atoms with E-state index in [1.807, 2.05) is 24.3 Å². The molecule has 0 aliphatic carbocycles. The highest BCUT2D eigenvalue weighted by atomic mass is 32.2. The molecule has 6 nitrogen and oxygen atoms in total. The first-order valence-electron chi connectivity index (χ1n) is 7.81. The van der Waals surface area contributed by atoms with Gasteiger partial charge in [0.1, 0.15) is 16.3 Å². The Hall–Kier alpha value is -2.38. The van der Waals surface area contributed by atoms with Crippen molar-refractivity contribution >= 4 is 21.1 Å². The topological polar surface area (TPSA) is 84.1 Å². The van der Waals surface area contributed by atoms with Gasteiger partial charge in [-0.2, -0.15) is 0 Å². The third-order valence-corrected chi connectivity index (χ3v) is 5.70. The Morgan fingerprint density at radius 1 is 1.21 bits per heavy atom. The average molecular weight is 343 g/mol. The van der Waals surface area contributed by atoms with E-state index in [-0.39, 0.29) is 10.9 Å². The van der Waals surface area contributed by atoms with Gasteiger partial charge in [0.15, 0.2) is 0 Å². The monoisotopic (exact) mass is 343 g/mol. The Morgan fingerprint density at radius 2 is 2.08 bits per heavy atom. The summed E-state index contributed by atoms with van der Waals surface area (Å²) < 4.78 is 34.3. The number of nitrogens with one attached hydrogen (secondary N) is 2. The number of H-pyrrole nitrogens is 1. The van der Waals surface area contributed by atoms with Crippen LogP contribution in [-0.4, -0.2) is 25.0 Å². The molecule has 0 bridgehead atoms. The summed E-state index contributed by atoms with van der Waals surface area (Å²) in [6, 6.07) is 10.7. The molecule has 2 aromatic heterocycles. The summed E-state index contributed by atoms with van der Waals surface area (Å²) in [6.07, 6.45) is 4.59. The first-order chi connectivity index (χ1) is 11.6. The second-order valence-corrected chi connectivity index (χ2v) is 7.44. The van der Waals surface area contributed by atoms with Gasteiger partial charge in [-0.25, -0.2) is 18.1 Å². The Balaban J connectivity index is 1.72. The molecular formula is C17H17N3O3S. The van der Waals surface area contributed by atoms with Gasteiger partial charge in [-0.1, -0.05) is 18.2 Å². The molecule has 0 saturated heterocycles. The lowest BCUT2D eigenvalue weighted by Gasteiger charge is -2.18. The second kappa shape index (κ2) is 5.92. The van der Waals surface area contributed by atoms with Crippen molar-refractivity contribution in [3.05, 3.63) is 54.4 Å². The van der Waals surface area contributed by atoms with Gasteiger partial charge in [0.25, 0.3) is 0 Å². The third kappa shape index (κ3) is 2.65. The van der Waals surface area contributed by atoms with Crippen molar-refractivity contribution in [2.45, 2.75) is 23.8 Å². The Morgan fingerprint density at radius 3 is 3.00 bits per heavy atom. The van der Waals surface area contributed by atoms with Gasteiger partial charge in [-0.3, -0.25) is 0 Å². The highest BCUT2D eigenvalue weighted by Gasteiger charge is 2.27. The molecule has 24 heavy (non-hydrogen) atoms. The van der Waals surface area contributed by atoms with Crippen LogP contribution < -0.4 is 9.46 Å². The van der Waals surface area contributed by atoms with Gasteiger partial charge in [0, 0.05) is 23.3 Å². The molecule has 4 rings (SSSR count). The molecule has 0 spiro atoms. The first kappa shape index (κ1) is 15.2. The maximum Gasteiger partial charge on any atom is 0.243 e. The number of pyridine rings is 1. The number of para-hydroxylation sites is 1. The highest BCUT2D eigenvalue weighted by molar-refractivity contribution is 7.89. The molecule has 1 aliphatic heterocycles. The molecular weight excluding hydrogens is 326 g/mol. The number of ether oxygens (including phenoxy) is 1. The molecule has 0 amide bonds. The van der Waals surface area contributed by atoms with Crippen LogP contribution in [0.25, 0.3) is 11.0 Å². The molecule has 0 fully saturated rings. The van der Waals surface area contributed by atoms with Crippen LogP contribution in [0.3, 0.4) is 0 Å². The normalized spacial score (nSPS) is 17.9. The van der Waals surface area contributed by atoms with Gasteiger partial charge in [0.05, 0.1) is 12.6 Å². The van der Waals surface area contributed by atoms with E-state index >= 15 is 0 Å². The lowest BCUT2D eigenvalue weighted by Crippen LogP contribution is -2.28. The van der Waals surface area contributed by atoms with E-state index in [1.165, 1.54) is 6.20 Å². The van der Waals surface area contributed by atoms with Crippen molar-refractivity contribution in [1.82, 2.24) is 14.7 Å². The van der Waals surface area contributed by atoms with E-state index in [1.54, 1.807) is 18.3 Å². The van der Waals surface area contributed by atoms with Gasteiger partial charge < -0.3 is 9.72 Å². The molecule has 3 aromatic rings.